The molecule has 0 radical (unpaired) electrons. The number of aromatic nitrogens is 2. The maximum absolute atomic E-state index is 5.50. The van der Waals surface area contributed by atoms with E-state index in [1.165, 1.54) is 0 Å². The summed E-state index contributed by atoms with van der Waals surface area (Å²) in [6, 6.07) is 7.27. The van der Waals surface area contributed by atoms with Gasteiger partial charge in [0.2, 0.25) is 5.89 Å². The van der Waals surface area contributed by atoms with Crippen molar-refractivity contribution in [1.29, 1.82) is 0 Å². The summed E-state index contributed by atoms with van der Waals surface area (Å²) in [6.07, 6.45) is 0. The van der Waals surface area contributed by atoms with Gasteiger partial charge in [0.25, 0.3) is 0 Å². The summed E-state index contributed by atoms with van der Waals surface area (Å²) in [5.74, 6) is 1.18. The topological polar surface area (TPSA) is 48.2 Å². The van der Waals surface area contributed by atoms with Crippen molar-refractivity contribution in [2.75, 3.05) is 7.11 Å². The van der Waals surface area contributed by atoms with Gasteiger partial charge >= 0.3 is 5.35 Å². The monoisotopic (exact) mass is 210 g/mol. The zero-order valence-electron chi connectivity index (χ0n) is 7.40. The van der Waals surface area contributed by atoms with Crippen LogP contribution in [0.25, 0.3) is 11.5 Å². The summed E-state index contributed by atoms with van der Waals surface area (Å²) >= 11 is 5.50. The number of rotatable bonds is 2. The summed E-state index contributed by atoms with van der Waals surface area (Å²) in [4.78, 5) is 0. The van der Waals surface area contributed by atoms with Crippen LogP contribution in [0.15, 0.2) is 28.7 Å². The Balaban J connectivity index is 2.33. The molecule has 5 heteroatoms. The van der Waals surface area contributed by atoms with Gasteiger partial charge in [-0.25, -0.2) is 0 Å². The molecule has 0 atom stereocenters. The number of nitrogens with zero attached hydrogens (tertiary/aromatic N) is 2. The van der Waals surface area contributed by atoms with E-state index in [1.807, 2.05) is 24.3 Å². The van der Waals surface area contributed by atoms with Gasteiger partial charge < -0.3 is 9.15 Å². The van der Waals surface area contributed by atoms with E-state index in [0.717, 1.165) is 11.3 Å². The highest BCUT2D eigenvalue weighted by molar-refractivity contribution is 6.27. The molecule has 0 bridgehead atoms. The quantitative estimate of drug-likeness (QED) is 0.764. The number of halogens is 1. The van der Waals surface area contributed by atoms with Gasteiger partial charge in [-0.2, -0.15) is 0 Å². The van der Waals surface area contributed by atoms with Crippen molar-refractivity contribution >= 4 is 11.6 Å². The second-order valence-corrected chi connectivity index (χ2v) is 2.91. The molecule has 2 aromatic rings. The molecule has 1 aromatic carbocycles. The maximum atomic E-state index is 5.50. The van der Waals surface area contributed by atoms with Crippen LogP contribution in [0.5, 0.6) is 5.75 Å². The minimum absolute atomic E-state index is 0.0378. The van der Waals surface area contributed by atoms with E-state index in [1.54, 1.807) is 7.11 Å². The lowest BCUT2D eigenvalue weighted by Crippen LogP contribution is -1.82. The van der Waals surface area contributed by atoms with Gasteiger partial charge in [0.05, 0.1) is 7.11 Å². The van der Waals surface area contributed by atoms with E-state index in [9.17, 15) is 0 Å². The Hall–Kier alpha value is -1.55. The Morgan fingerprint density at radius 2 is 1.93 bits per heavy atom. The van der Waals surface area contributed by atoms with Crippen molar-refractivity contribution in [2.45, 2.75) is 0 Å². The fraction of sp³-hybridized carbons (Fsp3) is 0.111. The minimum Gasteiger partial charge on any atom is -0.497 e. The van der Waals surface area contributed by atoms with Gasteiger partial charge in [-0.15, -0.1) is 5.10 Å². The molecule has 0 unspecified atom stereocenters. The lowest BCUT2D eigenvalue weighted by atomic mass is 10.2. The Morgan fingerprint density at radius 1 is 1.21 bits per heavy atom. The number of ether oxygens (including phenoxy) is 1. The molecule has 0 amide bonds. The number of hydrogen-bond donors (Lipinski definition) is 0. The average Bonchev–Trinajstić information content (AvgIpc) is 2.65. The van der Waals surface area contributed by atoms with Crippen LogP contribution in [0.3, 0.4) is 0 Å². The summed E-state index contributed by atoms with van der Waals surface area (Å²) in [7, 11) is 1.61. The van der Waals surface area contributed by atoms with Crippen LogP contribution in [-0.2, 0) is 0 Å². The molecular weight excluding hydrogens is 204 g/mol. The molecule has 2 rings (SSSR count). The van der Waals surface area contributed by atoms with E-state index in [4.69, 9.17) is 20.8 Å². The van der Waals surface area contributed by atoms with Crippen molar-refractivity contribution < 1.29 is 9.15 Å². The Morgan fingerprint density at radius 3 is 2.43 bits per heavy atom. The largest absolute Gasteiger partial charge is 0.497 e. The molecule has 0 saturated carbocycles. The Bertz CT molecular complexity index is 425. The Labute approximate surface area is 85.5 Å². The Kier molecular flexibility index (Phi) is 2.37. The van der Waals surface area contributed by atoms with Crippen LogP contribution in [-0.4, -0.2) is 17.3 Å². The summed E-state index contributed by atoms with van der Waals surface area (Å²) < 4.78 is 10.1. The molecule has 1 aromatic heterocycles. The second kappa shape index (κ2) is 3.67. The number of methoxy groups -OCH3 is 1. The van der Waals surface area contributed by atoms with E-state index in [2.05, 4.69) is 10.2 Å². The number of benzene rings is 1. The third-order valence-electron chi connectivity index (χ3n) is 1.74. The van der Waals surface area contributed by atoms with Crippen molar-refractivity contribution in [1.82, 2.24) is 10.2 Å². The molecule has 0 fully saturated rings. The molecule has 0 aliphatic carbocycles. The predicted molar refractivity (Wildman–Crippen MR) is 51.3 cm³/mol. The first-order valence-electron chi connectivity index (χ1n) is 3.93. The fourth-order valence-electron chi connectivity index (χ4n) is 1.06. The fourth-order valence-corrected chi connectivity index (χ4v) is 1.17. The smallest absolute Gasteiger partial charge is 0.313 e. The third kappa shape index (κ3) is 1.70. The minimum atomic E-state index is 0.0378. The maximum Gasteiger partial charge on any atom is 0.313 e. The van der Waals surface area contributed by atoms with Crippen molar-refractivity contribution in [3.8, 4) is 17.2 Å². The van der Waals surface area contributed by atoms with Crippen LogP contribution in [0.2, 0.25) is 5.35 Å². The summed E-state index contributed by atoms with van der Waals surface area (Å²) in [5.41, 5.74) is 0.810. The predicted octanol–water partition coefficient (Wildman–Crippen LogP) is 2.40. The molecule has 14 heavy (non-hydrogen) atoms. The van der Waals surface area contributed by atoms with Crippen molar-refractivity contribution in [3.05, 3.63) is 29.6 Å². The van der Waals surface area contributed by atoms with Gasteiger partial charge in [-0.3, -0.25) is 0 Å². The normalized spacial score (nSPS) is 10.1. The summed E-state index contributed by atoms with van der Waals surface area (Å²) in [6.45, 7) is 0. The van der Waals surface area contributed by atoms with Crippen molar-refractivity contribution in [2.24, 2.45) is 0 Å². The standard InChI is InChI=1S/C9H7ClN2O2/c1-13-7-4-2-6(3-5-7)8-11-12-9(10)14-8/h2-5H,1H3. The average molecular weight is 211 g/mol. The highest BCUT2D eigenvalue weighted by Crippen LogP contribution is 2.22. The number of hydrogen-bond acceptors (Lipinski definition) is 4. The van der Waals surface area contributed by atoms with Gasteiger partial charge in [-0.1, -0.05) is 5.10 Å². The van der Waals surface area contributed by atoms with Crippen LogP contribution in [0.4, 0.5) is 0 Å². The second-order valence-electron chi connectivity index (χ2n) is 2.59. The molecular formula is C9H7ClN2O2. The first kappa shape index (κ1) is 9.02. The van der Waals surface area contributed by atoms with E-state index >= 15 is 0 Å². The molecule has 1 heterocycles. The van der Waals surface area contributed by atoms with Gasteiger partial charge in [0, 0.05) is 5.56 Å². The molecule has 0 spiro atoms. The highest BCUT2D eigenvalue weighted by atomic mass is 35.5. The molecule has 4 nitrogen and oxygen atoms in total. The van der Waals surface area contributed by atoms with Crippen LogP contribution in [0, 0.1) is 0 Å². The van der Waals surface area contributed by atoms with E-state index < -0.39 is 0 Å². The zero-order chi connectivity index (χ0) is 9.97. The zero-order valence-corrected chi connectivity index (χ0v) is 8.15. The molecule has 0 aliphatic rings. The van der Waals surface area contributed by atoms with E-state index in [-0.39, 0.29) is 5.35 Å². The highest BCUT2D eigenvalue weighted by Gasteiger charge is 2.05. The van der Waals surface area contributed by atoms with Crippen LogP contribution >= 0.6 is 11.6 Å². The lowest BCUT2D eigenvalue weighted by molar-refractivity contribution is 0.415. The van der Waals surface area contributed by atoms with Crippen LogP contribution < -0.4 is 4.74 Å². The lowest BCUT2D eigenvalue weighted by Gasteiger charge is -1.98. The third-order valence-corrected chi connectivity index (χ3v) is 1.89. The first-order valence-corrected chi connectivity index (χ1v) is 4.31. The molecule has 0 N–H and O–H groups in total. The SMILES string of the molecule is COc1ccc(-c2nnc(Cl)o2)cc1. The van der Waals surface area contributed by atoms with E-state index in [0.29, 0.717) is 5.89 Å². The van der Waals surface area contributed by atoms with Gasteiger partial charge in [-0.05, 0) is 35.9 Å². The summed E-state index contributed by atoms with van der Waals surface area (Å²) in [5, 5.41) is 7.34. The van der Waals surface area contributed by atoms with Crippen LogP contribution in [0.1, 0.15) is 0 Å². The van der Waals surface area contributed by atoms with Gasteiger partial charge in [0.15, 0.2) is 0 Å². The molecule has 72 valence electrons. The molecule has 0 saturated heterocycles. The van der Waals surface area contributed by atoms with Crippen molar-refractivity contribution in [3.63, 3.8) is 0 Å². The first-order chi connectivity index (χ1) is 6.79. The molecule has 0 aliphatic heterocycles. The van der Waals surface area contributed by atoms with Gasteiger partial charge in [0.1, 0.15) is 5.75 Å².